The van der Waals surface area contributed by atoms with Crippen molar-refractivity contribution in [2.75, 3.05) is 18.8 Å². The van der Waals surface area contributed by atoms with Crippen molar-refractivity contribution < 1.29 is 14.4 Å². The minimum absolute atomic E-state index is 0.140. The predicted octanol–water partition coefficient (Wildman–Crippen LogP) is -0.0622. The summed E-state index contributed by atoms with van der Waals surface area (Å²) in [6.07, 6.45) is 3.07. The summed E-state index contributed by atoms with van der Waals surface area (Å²) >= 11 is 1.46. The summed E-state index contributed by atoms with van der Waals surface area (Å²) < 4.78 is -0.505. The second-order valence-electron chi connectivity index (χ2n) is 5.64. The second-order valence-corrected chi connectivity index (χ2v) is 7.28. The number of carbonyl (C=O) groups is 3. The molecular weight excluding hydrogens is 316 g/mol. The van der Waals surface area contributed by atoms with Crippen LogP contribution in [0.2, 0.25) is 0 Å². The zero-order valence-corrected chi connectivity index (χ0v) is 13.9. The third-order valence-corrected chi connectivity index (χ3v) is 4.82. The molecule has 1 aromatic rings. The van der Waals surface area contributed by atoms with E-state index < -0.39 is 10.8 Å². The topological polar surface area (TPSA) is 100 Å². The van der Waals surface area contributed by atoms with Crippen LogP contribution in [-0.4, -0.2) is 52.3 Å². The molecule has 0 bridgehead atoms. The number of carbonyl (C=O) groups excluding carboxylic acids is 3. The monoisotopic (exact) mass is 336 g/mol. The summed E-state index contributed by atoms with van der Waals surface area (Å²) in [6.45, 7) is 4.26. The SMILES string of the molecule is CC1(C)SC[C@@H](C(=O)NCCNC(=O)c2cccnc2)NC1=O. The van der Waals surface area contributed by atoms with Crippen molar-refractivity contribution in [2.24, 2.45) is 0 Å². The molecule has 1 saturated heterocycles. The lowest BCUT2D eigenvalue weighted by Crippen LogP contribution is -2.57. The van der Waals surface area contributed by atoms with Gasteiger partial charge in [0.2, 0.25) is 11.8 Å². The number of hydrogen-bond donors (Lipinski definition) is 3. The number of thioether (sulfide) groups is 1. The molecule has 3 amide bonds. The molecule has 0 saturated carbocycles. The van der Waals surface area contributed by atoms with Gasteiger partial charge in [0.1, 0.15) is 6.04 Å². The zero-order valence-electron chi connectivity index (χ0n) is 13.1. The molecule has 0 aromatic carbocycles. The Morgan fingerprint density at radius 3 is 2.78 bits per heavy atom. The molecule has 3 N–H and O–H groups in total. The molecule has 2 heterocycles. The van der Waals surface area contributed by atoms with Gasteiger partial charge in [-0.3, -0.25) is 19.4 Å². The number of nitrogens with one attached hydrogen (secondary N) is 3. The molecule has 1 aromatic heterocycles. The fourth-order valence-electron chi connectivity index (χ4n) is 1.96. The van der Waals surface area contributed by atoms with E-state index in [4.69, 9.17) is 0 Å². The number of pyridine rings is 1. The van der Waals surface area contributed by atoms with Crippen molar-refractivity contribution in [3.05, 3.63) is 30.1 Å². The lowest BCUT2D eigenvalue weighted by Gasteiger charge is -2.32. The summed E-state index contributed by atoms with van der Waals surface area (Å²) in [5.74, 6) is -0.0847. The number of aromatic nitrogens is 1. The molecule has 0 radical (unpaired) electrons. The van der Waals surface area contributed by atoms with E-state index in [9.17, 15) is 14.4 Å². The minimum Gasteiger partial charge on any atom is -0.353 e. The van der Waals surface area contributed by atoms with E-state index >= 15 is 0 Å². The van der Waals surface area contributed by atoms with Gasteiger partial charge in [-0.05, 0) is 26.0 Å². The maximum Gasteiger partial charge on any atom is 0.252 e. The first kappa shape index (κ1) is 17.3. The molecule has 1 aliphatic heterocycles. The van der Waals surface area contributed by atoms with Crippen molar-refractivity contribution in [3.63, 3.8) is 0 Å². The summed E-state index contributed by atoms with van der Waals surface area (Å²) in [6, 6.07) is 2.81. The van der Waals surface area contributed by atoms with Gasteiger partial charge in [0.15, 0.2) is 0 Å². The Kier molecular flexibility index (Phi) is 5.59. The molecule has 8 heteroatoms. The van der Waals surface area contributed by atoms with E-state index in [1.807, 2.05) is 13.8 Å². The van der Waals surface area contributed by atoms with Crippen LogP contribution < -0.4 is 16.0 Å². The quantitative estimate of drug-likeness (QED) is 0.654. The van der Waals surface area contributed by atoms with Crippen molar-refractivity contribution in [3.8, 4) is 0 Å². The average molecular weight is 336 g/mol. The fraction of sp³-hybridized carbons (Fsp3) is 0.467. The third-order valence-electron chi connectivity index (χ3n) is 3.41. The highest BCUT2D eigenvalue weighted by molar-refractivity contribution is 8.01. The van der Waals surface area contributed by atoms with Gasteiger partial charge < -0.3 is 16.0 Å². The normalized spacial score (nSPS) is 19.6. The van der Waals surface area contributed by atoms with Crippen LogP contribution in [0.3, 0.4) is 0 Å². The first-order valence-electron chi connectivity index (χ1n) is 7.31. The Morgan fingerprint density at radius 2 is 2.13 bits per heavy atom. The average Bonchev–Trinajstić information content (AvgIpc) is 2.54. The van der Waals surface area contributed by atoms with Gasteiger partial charge in [-0.25, -0.2) is 0 Å². The van der Waals surface area contributed by atoms with Crippen molar-refractivity contribution in [1.29, 1.82) is 0 Å². The lowest BCUT2D eigenvalue weighted by atomic mass is 10.1. The Hall–Kier alpha value is -2.09. The van der Waals surface area contributed by atoms with Crippen LogP contribution in [0.1, 0.15) is 24.2 Å². The minimum atomic E-state index is -0.533. The highest BCUT2D eigenvalue weighted by Crippen LogP contribution is 2.28. The number of nitrogens with zero attached hydrogens (tertiary/aromatic N) is 1. The molecule has 0 unspecified atom stereocenters. The van der Waals surface area contributed by atoms with E-state index in [2.05, 4.69) is 20.9 Å². The Labute approximate surface area is 139 Å². The first-order chi connectivity index (χ1) is 10.9. The standard InChI is InChI=1S/C15H20N4O3S/c1-15(2)14(22)19-11(9-23-15)13(21)18-7-6-17-12(20)10-4-3-5-16-8-10/h3-5,8,11H,6-7,9H2,1-2H3,(H,17,20)(H,18,21)(H,19,22)/t11-/m0/s1. The Balaban J connectivity index is 1.69. The van der Waals surface area contributed by atoms with E-state index in [-0.39, 0.29) is 17.7 Å². The number of amides is 3. The first-order valence-corrected chi connectivity index (χ1v) is 8.29. The van der Waals surface area contributed by atoms with Gasteiger partial charge in [0.25, 0.3) is 5.91 Å². The molecule has 2 rings (SSSR count). The molecular formula is C15H20N4O3S. The molecule has 1 fully saturated rings. The maximum atomic E-state index is 12.0. The molecule has 1 atom stereocenters. The van der Waals surface area contributed by atoms with E-state index in [0.29, 0.717) is 24.4 Å². The van der Waals surface area contributed by atoms with Crippen LogP contribution in [0, 0.1) is 0 Å². The highest BCUT2D eigenvalue weighted by atomic mass is 32.2. The molecule has 0 aliphatic carbocycles. The van der Waals surface area contributed by atoms with Crippen LogP contribution in [0.5, 0.6) is 0 Å². The molecule has 1 aliphatic rings. The van der Waals surface area contributed by atoms with Crippen LogP contribution in [-0.2, 0) is 9.59 Å². The lowest BCUT2D eigenvalue weighted by molar-refractivity contribution is -0.129. The zero-order chi connectivity index (χ0) is 16.9. The number of rotatable bonds is 5. The second kappa shape index (κ2) is 7.45. The van der Waals surface area contributed by atoms with Gasteiger partial charge >= 0.3 is 0 Å². The summed E-state index contributed by atoms with van der Waals surface area (Å²) in [5, 5.41) is 8.12. The third kappa shape index (κ3) is 4.69. The largest absolute Gasteiger partial charge is 0.353 e. The molecule has 7 nitrogen and oxygen atoms in total. The molecule has 0 spiro atoms. The van der Waals surface area contributed by atoms with E-state index in [1.54, 1.807) is 18.3 Å². The maximum absolute atomic E-state index is 12.0. The van der Waals surface area contributed by atoms with Crippen LogP contribution >= 0.6 is 11.8 Å². The van der Waals surface area contributed by atoms with Gasteiger partial charge in [-0.2, -0.15) is 0 Å². The number of hydrogen-bond acceptors (Lipinski definition) is 5. The van der Waals surface area contributed by atoms with Gasteiger partial charge in [0.05, 0.1) is 10.3 Å². The molecule has 23 heavy (non-hydrogen) atoms. The van der Waals surface area contributed by atoms with Gasteiger partial charge in [-0.1, -0.05) is 0 Å². The Morgan fingerprint density at radius 1 is 1.39 bits per heavy atom. The predicted molar refractivity (Wildman–Crippen MR) is 88.0 cm³/mol. The van der Waals surface area contributed by atoms with Crippen molar-refractivity contribution in [2.45, 2.75) is 24.6 Å². The van der Waals surface area contributed by atoms with Gasteiger partial charge in [-0.15, -0.1) is 11.8 Å². The summed E-state index contributed by atoms with van der Waals surface area (Å²) in [7, 11) is 0. The smallest absolute Gasteiger partial charge is 0.252 e. The van der Waals surface area contributed by atoms with Gasteiger partial charge in [0, 0.05) is 31.2 Å². The summed E-state index contributed by atoms with van der Waals surface area (Å²) in [5.41, 5.74) is 0.469. The van der Waals surface area contributed by atoms with E-state index in [1.165, 1.54) is 18.0 Å². The highest BCUT2D eigenvalue weighted by Gasteiger charge is 2.37. The van der Waals surface area contributed by atoms with E-state index in [0.717, 1.165) is 0 Å². The van der Waals surface area contributed by atoms with Crippen LogP contribution in [0.25, 0.3) is 0 Å². The fourth-order valence-corrected chi connectivity index (χ4v) is 2.96. The van der Waals surface area contributed by atoms with Crippen LogP contribution in [0.4, 0.5) is 0 Å². The van der Waals surface area contributed by atoms with Crippen molar-refractivity contribution >= 4 is 29.5 Å². The summed E-state index contributed by atoms with van der Waals surface area (Å²) in [4.78, 5) is 39.5. The van der Waals surface area contributed by atoms with Crippen LogP contribution in [0.15, 0.2) is 24.5 Å². The Bertz CT molecular complexity index is 592. The van der Waals surface area contributed by atoms with Crippen molar-refractivity contribution in [1.82, 2.24) is 20.9 Å². The molecule has 124 valence electrons.